The van der Waals surface area contributed by atoms with Gasteiger partial charge in [-0.25, -0.2) is 0 Å². The van der Waals surface area contributed by atoms with Gasteiger partial charge in [0.15, 0.2) is 5.96 Å². The van der Waals surface area contributed by atoms with Gasteiger partial charge in [0.25, 0.3) is 0 Å². The van der Waals surface area contributed by atoms with Gasteiger partial charge in [0, 0.05) is 26.7 Å². The zero-order valence-corrected chi connectivity index (χ0v) is 17.7. The van der Waals surface area contributed by atoms with Crippen LogP contribution in [0.15, 0.2) is 29.3 Å². The molecular weight excluding hydrogens is 411 g/mol. The van der Waals surface area contributed by atoms with Crippen molar-refractivity contribution in [3.63, 3.8) is 0 Å². The van der Waals surface area contributed by atoms with Gasteiger partial charge in [-0.2, -0.15) is 0 Å². The minimum Gasteiger partial charge on any atom is -0.356 e. The van der Waals surface area contributed by atoms with Gasteiger partial charge in [0.2, 0.25) is 0 Å². The third-order valence-corrected chi connectivity index (χ3v) is 4.62. The van der Waals surface area contributed by atoms with Crippen molar-refractivity contribution >= 4 is 29.9 Å². The average Bonchev–Trinajstić information content (AvgIpc) is 2.55. The highest BCUT2D eigenvalue weighted by Gasteiger charge is 2.15. The van der Waals surface area contributed by atoms with Gasteiger partial charge in [0.1, 0.15) is 0 Å². The number of halogens is 1. The lowest BCUT2D eigenvalue weighted by atomic mass is 10.0. The van der Waals surface area contributed by atoms with E-state index in [0.29, 0.717) is 0 Å². The Hall–Kier alpha value is -0.820. The topological polar surface area (TPSA) is 39.7 Å². The van der Waals surface area contributed by atoms with Crippen LogP contribution in [0.2, 0.25) is 0 Å². The average molecular weight is 444 g/mol. The van der Waals surface area contributed by atoms with E-state index in [2.05, 4.69) is 58.6 Å². The van der Waals surface area contributed by atoms with Crippen LogP contribution < -0.4 is 10.6 Å². The molecule has 1 atom stereocenters. The molecule has 1 aromatic carbocycles. The number of hydrogen-bond acceptors (Lipinski definition) is 2. The molecule has 5 heteroatoms. The first kappa shape index (κ1) is 21.2. The number of benzene rings is 1. The summed E-state index contributed by atoms with van der Waals surface area (Å²) in [5.74, 6) is 1.75. The van der Waals surface area contributed by atoms with Crippen LogP contribution >= 0.6 is 24.0 Å². The molecule has 2 rings (SSSR count). The Kier molecular flexibility index (Phi) is 10.3. The predicted octanol–water partition coefficient (Wildman–Crippen LogP) is 3.40. The van der Waals surface area contributed by atoms with Gasteiger partial charge in [-0.05, 0) is 56.3 Å². The van der Waals surface area contributed by atoms with Crippen LogP contribution in [0.1, 0.15) is 37.3 Å². The molecule has 1 heterocycles. The van der Waals surface area contributed by atoms with Gasteiger partial charge >= 0.3 is 0 Å². The number of piperidine rings is 1. The SMILES string of the molecule is CN=C(NCCCN1CCCC(C)C1)NCc1ccccc1C.I. The fourth-order valence-corrected chi connectivity index (χ4v) is 3.21. The van der Waals surface area contributed by atoms with Crippen molar-refractivity contribution in [3.05, 3.63) is 35.4 Å². The number of rotatable bonds is 6. The number of likely N-dealkylation sites (tertiary alicyclic amines) is 1. The van der Waals surface area contributed by atoms with Gasteiger partial charge < -0.3 is 15.5 Å². The quantitative estimate of drug-likeness (QED) is 0.306. The Morgan fingerprint density at radius 3 is 2.79 bits per heavy atom. The summed E-state index contributed by atoms with van der Waals surface area (Å²) in [5, 5.41) is 6.82. The molecule has 0 spiro atoms. The highest BCUT2D eigenvalue weighted by molar-refractivity contribution is 14.0. The molecule has 1 aromatic rings. The molecular formula is C19H33IN4. The summed E-state index contributed by atoms with van der Waals surface area (Å²) >= 11 is 0. The predicted molar refractivity (Wildman–Crippen MR) is 114 cm³/mol. The van der Waals surface area contributed by atoms with Crippen LogP contribution in [0.25, 0.3) is 0 Å². The monoisotopic (exact) mass is 444 g/mol. The molecule has 136 valence electrons. The van der Waals surface area contributed by atoms with Gasteiger partial charge in [0.05, 0.1) is 0 Å². The molecule has 0 aliphatic carbocycles. The molecule has 0 bridgehead atoms. The molecule has 0 amide bonds. The Morgan fingerprint density at radius 1 is 1.29 bits per heavy atom. The van der Waals surface area contributed by atoms with Crippen molar-refractivity contribution in [3.8, 4) is 0 Å². The fourth-order valence-electron chi connectivity index (χ4n) is 3.21. The maximum Gasteiger partial charge on any atom is 0.191 e. The first-order chi connectivity index (χ1) is 11.2. The van der Waals surface area contributed by atoms with E-state index in [1.807, 2.05) is 7.05 Å². The van der Waals surface area contributed by atoms with Gasteiger partial charge in [-0.3, -0.25) is 4.99 Å². The molecule has 1 fully saturated rings. The van der Waals surface area contributed by atoms with Crippen molar-refractivity contribution in [2.24, 2.45) is 10.9 Å². The number of aryl methyl sites for hydroxylation is 1. The molecule has 1 saturated heterocycles. The molecule has 24 heavy (non-hydrogen) atoms. The summed E-state index contributed by atoms with van der Waals surface area (Å²) in [6.07, 6.45) is 3.91. The van der Waals surface area contributed by atoms with Crippen LogP contribution in [0, 0.1) is 12.8 Å². The van der Waals surface area contributed by atoms with Crippen LogP contribution in [-0.2, 0) is 6.54 Å². The van der Waals surface area contributed by atoms with Crippen molar-refractivity contribution in [2.75, 3.05) is 33.2 Å². The van der Waals surface area contributed by atoms with E-state index in [9.17, 15) is 0 Å². The summed E-state index contributed by atoms with van der Waals surface area (Å²) in [6, 6.07) is 8.47. The Balaban J connectivity index is 0.00000288. The minimum atomic E-state index is 0. The van der Waals surface area contributed by atoms with Crippen molar-refractivity contribution < 1.29 is 0 Å². The Labute approximate surface area is 164 Å². The number of hydrogen-bond donors (Lipinski definition) is 2. The summed E-state index contributed by atoms with van der Waals surface area (Å²) in [5.41, 5.74) is 2.63. The van der Waals surface area contributed by atoms with E-state index >= 15 is 0 Å². The highest BCUT2D eigenvalue weighted by Crippen LogP contribution is 2.15. The molecule has 2 N–H and O–H groups in total. The van der Waals surface area contributed by atoms with Gasteiger partial charge in [-0.15, -0.1) is 24.0 Å². The molecule has 0 saturated carbocycles. The first-order valence-corrected chi connectivity index (χ1v) is 8.90. The molecule has 1 aliphatic heterocycles. The Bertz CT molecular complexity index is 504. The van der Waals surface area contributed by atoms with E-state index in [4.69, 9.17) is 0 Å². The third kappa shape index (κ3) is 7.38. The number of nitrogens with zero attached hydrogens (tertiary/aromatic N) is 2. The summed E-state index contributed by atoms with van der Waals surface area (Å²) in [7, 11) is 1.83. The minimum absolute atomic E-state index is 0. The number of aliphatic imine (C=N–C) groups is 1. The van der Waals surface area contributed by atoms with Gasteiger partial charge in [-0.1, -0.05) is 31.2 Å². The van der Waals surface area contributed by atoms with Crippen LogP contribution in [0.5, 0.6) is 0 Å². The lowest BCUT2D eigenvalue weighted by molar-refractivity contribution is 0.182. The molecule has 4 nitrogen and oxygen atoms in total. The second-order valence-electron chi connectivity index (χ2n) is 6.68. The summed E-state index contributed by atoms with van der Waals surface area (Å²) < 4.78 is 0. The molecule has 1 unspecified atom stereocenters. The van der Waals surface area contributed by atoms with Crippen LogP contribution in [0.3, 0.4) is 0 Å². The van der Waals surface area contributed by atoms with E-state index in [1.54, 1.807) is 0 Å². The maximum atomic E-state index is 4.31. The first-order valence-electron chi connectivity index (χ1n) is 8.90. The number of nitrogens with one attached hydrogen (secondary N) is 2. The molecule has 0 aromatic heterocycles. The smallest absolute Gasteiger partial charge is 0.191 e. The van der Waals surface area contributed by atoms with Crippen molar-refractivity contribution in [1.82, 2.24) is 15.5 Å². The largest absolute Gasteiger partial charge is 0.356 e. The number of guanidine groups is 1. The van der Waals surface area contributed by atoms with Crippen molar-refractivity contribution in [2.45, 2.75) is 39.7 Å². The summed E-state index contributed by atoms with van der Waals surface area (Å²) in [4.78, 5) is 6.91. The fraction of sp³-hybridized carbons (Fsp3) is 0.632. The molecule has 1 aliphatic rings. The van der Waals surface area contributed by atoms with E-state index < -0.39 is 0 Å². The van der Waals surface area contributed by atoms with Crippen molar-refractivity contribution in [1.29, 1.82) is 0 Å². The second-order valence-corrected chi connectivity index (χ2v) is 6.68. The lowest BCUT2D eigenvalue weighted by Gasteiger charge is -2.30. The molecule has 0 radical (unpaired) electrons. The van der Waals surface area contributed by atoms with E-state index in [0.717, 1.165) is 31.4 Å². The summed E-state index contributed by atoms with van der Waals surface area (Å²) in [6.45, 7) is 10.0. The van der Waals surface area contributed by atoms with Crippen LogP contribution in [0.4, 0.5) is 0 Å². The zero-order chi connectivity index (χ0) is 16.5. The zero-order valence-electron chi connectivity index (χ0n) is 15.3. The van der Waals surface area contributed by atoms with E-state index in [-0.39, 0.29) is 24.0 Å². The lowest BCUT2D eigenvalue weighted by Crippen LogP contribution is -2.39. The second kappa shape index (κ2) is 11.7. The standard InChI is InChI=1S/C19H32N4.HI/c1-16-8-6-12-23(15-16)13-7-11-21-19(20-3)22-14-18-10-5-4-9-17(18)2;/h4-5,9-10,16H,6-8,11-15H2,1-3H3,(H2,20,21,22);1H. The maximum absolute atomic E-state index is 4.31. The normalized spacial score (nSPS) is 18.8. The van der Waals surface area contributed by atoms with E-state index in [1.165, 1.54) is 43.6 Å². The Morgan fingerprint density at radius 2 is 2.08 bits per heavy atom. The highest BCUT2D eigenvalue weighted by atomic mass is 127. The van der Waals surface area contributed by atoms with Crippen LogP contribution in [-0.4, -0.2) is 44.1 Å². The third-order valence-electron chi connectivity index (χ3n) is 4.62.